The first-order valence-corrected chi connectivity index (χ1v) is 9.40. The minimum absolute atomic E-state index is 0.120. The zero-order valence-electron chi connectivity index (χ0n) is 16.3. The molecule has 0 radical (unpaired) electrons. The minimum atomic E-state index is -0.440. The summed E-state index contributed by atoms with van der Waals surface area (Å²) in [7, 11) is 0. The van der Waals surface area contributed by atoms with Gasteiger partial charge in [0.15, 0.2) is 0 Å². The summed E-state index contributed by atoms with van der Waals surface area (Å²) in [5, 5.41) is 9.60. The molecule has 29 heavy (non-hydrogen) atoms. The van der Waals surface area contributed by atoms with Gasteiger partial charge in [0.1, 0.15) is 5.82 Å². The fraction of sp³-hybridized carbons (Fsp3) is 0.160. The maximum absolute atomic E-state index is 14.7. The van der Waals surface area contributed by atoms with Crippen molar-refractivity contribution in [2.75, 3.05) is 6.61 Å². The number of esters is 1. The van der Waals surface area contributed by atoms with Crippen LogP contribution in [0.3, 0.4) is 0 Å². The van der Waals surface area contributed by atoms with E-state index in [9.17, 15) is 14.3 Å². The highest BCUT2D eigenvalue weighted by Gasteiger charge is 2.10. The molecule has 0 bridgehead atoms. The molecule has 3 nitrogen and oxygen atoms in total. The zero-order chi connectivity index (χ0) is 20.8. The number of aliphatic hydroxyl groups excluding tert-OH is 1. The van der Waals surface area contributed by atoms with Crippen molar-refractivity contribution in [3.05, 3.63) is 95.8 Å². The fourth-order valence-corrected chi connectivity index (χ4v) is 3.12. The smallest absolute Gasteiger partial charge is 0.333 e. The lowest BCUT2D eigenvalue weighted by Crippen LogP contribution is -2.09. The lowest BCUT2D eigenvalue weighted by molar-refractivity contribution is -0.138. The molecule has 4 heteroatoms. The molecule has 0 aliphatic carbocycles. The lowest BCUT2D eigenvalue weighted by Gasteiger charge is -2.12. The van der Waals surface area contributed by atoms with E-state index in [1.807, 2.05) is 54.6 Å². The fourth-order valence-electron chi connectivity index (χ4n) is 3.12. The van der Waals surface area contributed by atoms with Crippen LogP contribution in [0.25, 0.3) is 22.3 Å². The molecule has 0 aromatic heterocycles. The first-order chi connectivity index (χ1) is 14.0. The molecule has 0 spiro atoms. The third-order valence-electron chi connectivity index (χ3n) is 4.72. The van der Waals surface area contributed by atoms with Crippen molar-refractivity contribution in [1.82, 2.24) is 0 Å². The van der Waals surface area contributed by atoms with Gasteiger partial charge in [-0.15, -0.1) is 0 Å². The van der Waals surface area contributed by atoms with Gasteiger partial charge in [0, 0.05) is 17.6 Å². The maximum Gasteiger partial charge on any atom is 0.333 e. The van der Waals surface area contributed by atoms with E-state index in [4.69, 9.17) is 4.74 Å². The molecule has 0 heterocycles. The van der Waals surface area contributed by atoms with E-state index in [0.29, 0.717) is 17.6 Å². The van der Waals surface area contributed by atoms with Gasteiger partial charge in [-0.25, -0.2) is 9.18 Å². The molecule has 0 aliphatic rings. The van der Waals surface area contributed by atoms with Crippen LogP contribution in [0.4, 0.5) is 4.39 Å². The van der Waals surface area contributed by atoms with Gasteiger partial charge in [-0.05, 0) is 40.8 Å². The van der Waals surface area contributed by atoms with Crippen molar-refractivity contribution >= 4 is 5.97 Å². The van der Waals surface area contributed by atoms with Crippen molar-refractivity contribution in [3.8, 4) is 22.3 Å². The highest BCUT2D eigenvalue weighted by Crippen LogP contribution is 2.29. The minimum Gasteiger partial charge on any atom is -0.462 e. The van der Waals surface area contributed by atoms with Crippen LogP contribution in [-0.2, 0) is 22.6 Å². The van der Waals surface area contributed by atoms with E-state index in [2.05, 4.69) is 6.58 Å². The summed E-state index contributed by atoms with van der Waals surface area (Å²) in [6.45, 7) is 5.21. The van der Waals surface area contributed by atoms with Gasteiger partial charge in [-0.2, -0.15) is 0 Å². The number of benzene rings is 3. The predicted molar refractivity (Wildman–Crippen MR) is 113 cm³/mol. The number of aliphatic hydroxyl groups is 1. The molecule has 3 aromatic rings. The van der Waals surface area contributed by atoms with Gasteiger partial charge in [0.25, 0.3) is 0 Å². The van der Waals surface area contributed by atoms with Gasteiger partial charge < -0.3 is 9.84 Å². The Hall–Kier alpha value is -3.24. The Balaban J connectivity index is 1.84. The number of ether oxygens (including phenoxy) is 1. The zero-order valence-corrected chi connectivity index (χ0v) is 16.3. The third kappa shape index (κ3) is 4.98. The average Bonchev–Trinajstić information content (AvgIpc) is 2.74. The van der Waals surface area contributed by atoms with Gasteiger partial charge in [-0.3, -0.25) is 0 Å². The van der Waals surface area contributed by atoms with E-state index in [1.165, 1.54) is 6.07 Å². The summed E-state index contributed by atoms with van der Waals surface area (Å²) in [6.07, 6.45) is 0.452. The van der Waals surface area contributed by atoms with Crippen LogP contribution in [0.1, 0.15) is 18.1 Å². The number of halogens is 1. The monoisotopic (exact) mass is 390 g/mol. The molecule has 148 valence electrons. The maximum atomic E-state index is 14.7. The SMILES string of the molecule is C=C(C)C(=O)OCCc1cc(-c2ccc(-c3ccccc3)c(F)c2)ccc1CO. The summed E-state index contributed by atoms with van der Waals surface area (Å²) >= 11 is 0. The van der Waals surface area contributed by atoms with Crippen LogP contribution in [-0.4, -0.2) is 17.7 Å². The second-order valence-electron chi connectivity index (χ2n) is 6.87. The summed E-state index contributed by atoms with van der Waals surface area (Å²) in [6, 6.07) is 20.1. The third-order valence-corrected chi connectivity index (χ3v) is 4.72. The Bertz CT molecular complexity index is 1030. The lowest BCUT2D eigenvalue weighted by atomic mass is 9.96. The second kappa shape index (κ2) is 9.30. The Kier molecular flexibility index (Phi) is 6.57. The van der Waals surface area contributed by atoms with Gasteiger partial charge >= 0.3 is 5.97 Å². The average molecular weight is 390 g/mol. The molecular formula is C25H23FO3. The molecule has 0 atom stereocenters. The number of carbonyl (C=O) groups is 1. The Morgan fingerprint density at radius 1 is 0.966 bits per heavy atom. The Labute approximate surface area is 170 Å². The van der Waals surface area contributed by atoms with Gasteiger partial charge in [-0.1, -0.05) is 67.2 Å². The van der Waals surface area contributed by atoms with E-state index in [0.717, 1.165) is 27.8 Å². The number of rotatable bonds is 7. The summed E-state index contributed by atoms with van der Waals surface area (Å²) in [4.78, 5) is 11.5. The van der Waals surface area contributed by atoms with Crippen LogP contribution >= 0.6 is 0 Å². The molecule has 0 aliphatic heterocycles. The van der Waals surface area contributed by atoms with Crippen LogP contribution < -0.4 is 0 Å². The van der Waals surface area contributed by atoms with Crippen LogP contribution in [0, 0.1) is 5.82 Å². The predicted octanol–water partition coefficient (Wildman–Crippen LogP) is 5.31. The van der Waals surface area contributed by atoms with E-state index >= 15 is 0 Å². The van der Waals surface area contributed by atoms with Crippen LogP contribution in [0.2, 0.25) is 0 Å². The Morgan fingerprint density at radius 2 is 1.66 bits per heavy atom. The van der Waals surface area contributed by atoms with E-state index < -0.39 is 5.97 Å². The van der Waals surface area contributed by atoms with Crippen LogP contribution in [0.15, 0.2) is 78.9 Å². The highest BCUT2D eigenvalue weighted by molar-refractivity contribution is 5.86. The molecule has 0 saturated heterocycles. The van der Waals surface area contributed by atoms with Crippen molar-refractivity contribution < 1.29 is 19.0 Å². The molecule has 3 rings (SSSR count). The first kappa shape index (κ1) is 20.5. The molecule has 1 N–H and O–H groups in total. The molecule has 3 aromatic carbocycles. The molecule has 0 unspecified atom stereocenters. The first-order valence-electron chi connectivity index (χ1n) is 9.40. The second-order valence-corrected chi connectivity index (χ2v) is 6.87. The van der Waals surface area contributed by atoms with Crippen LogP contribution in [0.5, 0.6) is 0 Å². The molecule has 0 amide bonds. The molecule has 0 fully saturated rings. The van der Waals surface area contributed by atoms with Gasteiger partial charge in [0.05, 0.1) is 13.2 Å². The normalized spacial score (nSPS) is 10.6. The number of hydrogen-bond acceptors (Lipinski definition) is 3. The van der Waals surface area contributed by atoms with Crippen molar-refractivity contribution in [2.45, 2.75) is 20.0 Å². The molecule has 0 saturated carbocycles. The quantitative estimate of drug-likeness (QED) is 0.439. The summed E-state index contributed by atoms with van der Waals surface area (Å²) in [5.41, 5.74) is 4.90. The highest BCUT2D eigenvalue weighted by atomic mass is 19.1. The number of hydrogen-bond donors (Lipinski definition) is 1. The largest absolute Gasteiger partial charge is 0.462 e. The summed E-state index contributed by atoms with van der Waals surface area (Å²) in [5.74, 6) is -0.734. The van der Waals surface area contributed by atoms with E-state index in [1.54, 1.807) is 13.0 Å². The van der Waals surface area contributed by atoms with Crippen molar-refractivity contribution in [2.24, 2.45) is 0 Å². The number of carbonyl (C=O) groups excluding carboxylic acids is 1. The van der Waals surface area contributed by atoms with Gasteiger partial charge in [0.2, 0.25) is 0 Å². The topological polar surface area (TPSA) is 46.5 Å². The standard InChI is InChI=1S/C25H23FO3/c1-17(2)25(28)29-13-12-21-14-19(8-9-22(21)16-27)20-10-11-23(24(26)15-20)18-6-4-3-5-7-18/h3-11,14-15,27H,1,12-13,16H2,2H3. The van der Waals surface area contributed by atoms with Crippen molar-refractivity contribution in [1.29, 1.82) is 0 Å². The van der Waals surface area contributed by atoms with Crippen molar-refractivity contribution in [3.63, 3.8) is 0 Å². The Morgan fingerprint density at radius 3 is 2.31 bits per heavy atom. The summed E-state index contributed by atoms with van der Waals surface area (Å²) < 4.78 is 19.9. The van der Waals surface area contributed by atoms with E-state index in [-0.39, 0.29) is 19.0 Å². The molecular weight excluding hydrogens is 367 g/mol.